The number of rotatable bonds is 3. The predicted octanol–water partition coefficient (Wildman–Crippen LogP) is -0.904. The van der Waals surface area contributed by atoms with Gasteiger partial charge in [0.2, 0.25) is 0 Å². The predicted molar refractivity (Wildman–Crippen MR) is 39.2 cm³/mol. The first-order valence-corrected chi connectivity index (χ1v) is 4.59. The highest BCUT2D eigenvalue weighted by Crippen LogP contribution is 2.10. The fraction of sp³-hybridized carbons (Fsp3) is 1.00. The van der Waals surface area contributed by atoms with Crippen molar-refractivity contribution in [1.29, 1.82) is 0 Å². The Morgan fingerprint density at radius 2 is 2.10 bits per heavy atom. The molecule has 1 atom stereocenters. The highest BCUT2D eigenvalue weighted by molar-refractivity contribution is 6.37. The van der Waals surface area contributed by atoms with Crippen LogP contribution in [0, 0.1) is 5.92 Å². The fourth-order valence-electron chi connectivity index (χ4n) is 0.549. The summed E-state index contributed by atoms with van der Waals surface area (Å²) in [6.07, 6.45) is 0.712. The Hall–Kier alpha value is -0.263. The van der Waals surface area contributed by atoms with Crippen LogP contribution in [0.15, 0.2) is 0 Å². The van der Waals surface area contributed by atoms with Crippen molar-refractivity contribution in [3.8, 4) is 0 Å². The van der Waals surface area contributed by atoms with Crippen molar-refractivity contribution >= 4 is 8.93 Å². The first-order chi connectivity index (χ1) is 4.42. The van der Waals surface area contributed by atoms with Crippen LogP contribution in [0.2, 0.25) is 0 Å². The van der Waals surface area contributed by atoms with Gasteiger partial charge < -0.3 is 20.7 Å². The Bertz CT molecular complexity index is 138. The molecule has 60 valence electrons. The Kier molecular flexibility index (Phi) is 3.14. The van der Waals surface area contributed by atoms with Gasteiger partial charge in [0.1, 0.15) is 5.29 Å². The van der Waals surface area contributed by atoms with E-state index in [-0.39, 0.29) is 5.92 Å². The lowest BCUT2D eigenvalue weighted by Gasteiger charge is -2.24. The summed E-state index contributed by atoms with van der Waals surface area (Å²) in [5, 5.41) is -1.39. The minimum Gasteiger partial charge on any atom is -0.538 e. The molecule has 0 bridgehead atoms. The van der Waals surface area contributed by atoms with Gasteiger partial charge in [0.25, 0.3) is 0 Å². The van der Waals surface area contributed by atoms with Crippen molar-refractivity contribution in [2.45, 2.75) is 25.6 Å². The third-order valence-corrected chi connectivity index (χ3v) is 3.03. The van der Waals surface area contributed by atoms with Crippen LogP contribution in [0.25, 0.3) is 0 Å². The van der Waals surface area contributed by atoms with Crippen molar-refractivity contribution in [1.82, 2.24) is 0 Å². The van der Waals surface area contributed by atoms with Gasteiger partial charge in [-0.2, -0.15) is 0 Å². The molecule has 0 aliphatic rings. The van der Waals surface area contributed by atoms with Gasteiger partial charge in [0.15, 0.2) is 0 Å². The van der Waals surface area contributed by atoms with Gasteiger partial charge in [-0.3, -0.25) is 0 Å². The second-order valence-electron chi connectivity index (χ2n) is 2.55. The largest absolute Gasteiger partial charge is 0.538 e. The Morgan fingerprint density at radius 1 is 1.70 bits per heavy atom. The molecule has 0 saturated heterocycles. The van der Waals surface area contributed by atoms with E-state index in [2.05, 4.69) is 0 Å². The van der Waals surface area contributed by atoms with Gasteiger partial charge in [-0.1, -0.05) is 20.3 Å². The molecule has 0 aromatic heterocycles. The van der Waals surface area contributed by atoms with Crippen LogP contribution in [-0.4, -0.2) is 19.0 Å². The van der Waals surface area contributed by atoms with Gasteiger partial charge in [-0.25, -0.2) is 0 Å². The van der Waals surface area contributed by atoms with Crippen LogP contribution in [-0.2, 0) is 4.46 Å². The van der Waals surface area contributed by atoms with Crippen molar-refractivity contribution in [3.05, 3.63) is 0 Å². The molecule has 1 unspecified atom stereocenters. The highest BCUT2D eigenvalue weighted by atomic mass is 28.3. The van der Waals surface area contributed by atoms with Gasteiger partial charge >= 0.3 is 8.93 Å². The second kappa shape index (κ2) is 3.22. The molecular weight excluding hydrogens is 148 g/mol. The third kappa shape index (κ3) is 1.86. The van der Waals surface area contributed by atoms with Crippen LogP contribution < -0.4 is 11.5 Å². The van der Waals surface area contributed by atoms with E-state index in [9.17, 15) is 4.46 Å². The molecule has 0 fully saturated rings. The number of hydrogen-bond donors (Lipinski definition) is 3. The summed E-state index contributed by atoms with van der Waals surface area (Å²) in [6, 6.07) is 0. The van der Waals surface area contributed by atoms with Crippen molar-refractivity contribution < 1.29 is 9.26 Å². The van der Waals surface area contributed by atoms with E-state index >= 15 is 0 Å². The first-order valence-electron chi connectivity index (χ1n) is 3.24. The molecule has 0 heterocycles. The zero-order valence-electron chi connectivity index (χ0n) is 6.29. The molecule has 0 aromatic rings. The summed E-state index contributed by atoms with van der Waals surface area (Å²) in [5.41, 5.74) is 10.7. The molecule has 0 radical (unpaired) electrons. The molecule has 0 rings (SSSR count). The maximum Gasteiger partial charge on any atom is 0.537 e. The average molecular weight is 162 g/mol. The Morgan fingerprint density at radius 3 is 2.20 bits per heavy atom. The molecule has 0 amide bonds. The molecule has 0 spiro atoms. The number of nitrogens with two attached hydrogens (primary N) is 2. The second-order valence-corrected chi connectivity index (χ2v) is 4.02. The van der Waals surface area contributed by atoms with E-state index in [0.29, 0.717) is 6.42 Å². The minimum absolute atomic E-state index is 0.121. The molecule has 10 heavy (non-hydrogen) atoms. The van der Waals surface area contributed by atoms with E-state index in [1.165, 1.54) is 0 Å². The van der Waals surface area contributed by atoms with Gasteiger partial charge in [0.05, 0.1) is 0 Å². The highest BCUT2D eigenvalue weighted by Gasteiger charge is 2.36. The van der Waals surface area contributed by atoms with E-state index in [0.717, 1.165) is 0 Å². The van der Waals surface area contributed by atoms with Gasteiger partial charge in [-0.05, 0) is 5.92 Å². The first kappa shape index (κ1) is 9.74. The number of hydrogen-bond acceptors (Lipinski definition) is 3. The molecule has 0 aromatic carbocycles. The van der Waals surface area contributed by atoms with Crippen molar-refractivity contribution in [2.24, 2.45) is 17.4 Å². The summed E-state index contributed by atoms with van der Waals surface area (Å²) in [7, 11) is -2.82. The smallest absolute Gasteiger partial charge is 0.537 e. The van der Waals surface area contributed by atoms with Crippen LogP contribution in [0.4, 0.5) is 0 Å². The molecule has 5 heteroatoms. The Labute approximate surface area is 62.0 Å². The zero-order valence-corrected chi connectivity index (χ0v) is 7.29. The van der Waals surface area contributed by atoms with Gasteiger partial charge in [0, 0.05) is 0 Å². The molecular formula is C5H14N2O2Si. The lowest BCUT2D eigenvalue weighted by atomic mass is 10.1. The monoisotopic (exact) mass is 162 g/mol. The standard InChI is InChI=1S/C5H14N2O2Si/c1-3-4(2)5(6,7)10(8)9/h4,8H,3,6-7H2,1-2H3. The molecule has 0 aliphatic carbocycles. The molecule has 0 saturated carbocycles. The SMILES string of the molecule is CCC(C)C(N)(N)[Si](=O)O. The lowest BCUT2D eigenvalue weighted by molar-refractivity contribution is 0.315. The van der Waals surface area contributed by atoms with Crippen LogP contribution >= 0.6 is 0 Å². The third-order valence-electron chi connectivity index (χ3n) is 1.80. The summed E-state index contributed by atoms with van der Waals surface area (Å²) in [5.74, 6) is -0.121. The van der Waals surface area contributed by atoms with Crippen molar-refractivity contribution in [2.75, 3.05) is 0 Å². The maximum atomic E-state index is 10.6. The lowest BCUT2D eigenvalue weighted by Crippen LogP contribution is -2.62. The van der Waals surface area contributed by atoms with Crippen molar-refractivity contribution in [3.63, 3.8) is 0 Å². The summed E-state index contributed by atoms with van der Waals surface area (Å²) < 4.78 is 10.6. The average Bonchev–Trinajstić information content (AvgIpc) is 1.86. The zero-order chi connectivity index (χ0) is 8.36. The normalized spacial score (nSPS) is 14.8. The van der Waals surface area contributed by atoms with E-state index in [4.69, 9.17) is 16.3 Å². The summed E-state index contributed by atoms with van der Waals surface area (Å²) in [4.78, 5) is 8.68. The van der Waals surface area contributed by atoms with Crippen LogP contribution in [0.3, 0.4) is 0 Å². The Balaban J connectivity index is 4.23. The maximum absolute atomic E-state index is 10.6. The molecule has 4 nitrogen and oxygen atoms in total. The van der Waals surface area contributed by atoms with Crippen LogP contribution in [0.1, 0.15) is 20.3 Å². The van der Waals surface area contributed by atoms with E-state index in [1.54, 1.807) is 6.92 Å². The van der Waals surface area contributed by atoms with Gasteiger partial charge in [-0.15, -0.1) is 0 Å². The fourth-order valence-corrected chi connectivity index (χ4v) is 1.17. The summed E-state index contributed by atoms with van der Waals surface area (Å²) in [6.45, 7) is 3.64. The van der Waals surface area contributed by atoms with E-state index < -0.39 is 14.2 Å². The molecule has 5 N–H and O–H groups in total. The summed E-state index contributed by atoms with van der Waals surface area (Å²) >= 11 is 0. The van der Waals surface area contributed by atoms with Crippen LogP contribution in [0.5, 0.6) is 0 Å². The quantitative estimate of drug-likeness (QED) is 0.370. The van der Waals surface area contributed by atoms with E-state index in [1.807, 2.05) is 6.92 Å². The topological polar surface area (TPSA) is 89.3 Å². The molecule has 0 aliphatic heterocycles. The minimum atomic E-state index is -2.82.